The highest BCUT2D eigenvalue weighted by Gasteiger charge is 1.95. The first-order valence-electron chi connectivity index (χ1n) is 3.81. The molecule has 0 radical (unpaired) electrons. The maximum absolute atomic E-state index is 10.2. The van der Waals surface area contributed by atoms with Crippen molar-refractivity contribution in [3.63, 3.8) is 0 Å². The zero-order chi connectivity index (χ0) is 9.84. The van der Waals surface area contributed by atoms with Gasteiger partial charge in [0, 0.05) is 17.5 Å². The quantitative estimate of drug-likeness (QED) is 0.691. The van der Waals surface area contributed by atoms with Crippen LogP contribution in [-0.2, 0) is 4.79 Å². The smallest absolute Gasteiger partial charge is 0.328 e. The Morgan fingerprint density at radius 1 is 1.38 bits per heavy atom. The van der Waals surface area contributed by atoms with Crippen molar-refractivity contribution in [1.82, 2.24) is 9.97 Å². The van der Waals surface area contributed by atoms with Crippen molar-refractivity contribution in [2.24, 2.45) is 0 Å². The van der Waals surface area contributed by atoms with Crippen LogP contribution in [0.4, 0.5) is 0 Å². The van der Waals surface area contributed by atoms with Crippen molar-refractivity contribution in [2.45, 2.75) is 13.8 Å². The number of hydrogen-bond acceptors (Lipinski definition) is 3. The number of rotatable bonds is 2. The largest absolute Gasteiger partial charge is 0.478 e. The van der Waals surface area contributed by atoms with Gasteiger partial charge in [0.1, 0.15) is 0 Å². The fourth-order valence-electron chi connectivity index (χ4n) is 0.974. The van der Waals surface area contributed by atoms with E-state index in [4.69, 9.17) is 5.11 Å². The molecular formula is C9H10N2O2. The molecule has 0 bridgehead atoms. The summed E-state index contributed by atoms with van der Waals surface area (Å²) in [5.41, 5.74) is 1.66. The fraction of sp³-hybridized carbons (Fsp3) is 0.222. The van der Waals surface area contributed by atoms with Crippen LogP contribution >= 0.6 is 0 Å². The summed E-state index contributed by atoms with van der Waals surface area (Å²) in [6.45, 7) is 3.68. The summed E-state index contributed by atoms with van der Waals surface area (Å²) in [6.07, 6.45) is 2.40. The second kappa shape index (κ2) is 3.80. The molecule has 1 N–H and O–H groups in total. The molecule has 1 aromatic heterocycles. The van der Waals surface area contributed by atoms with Gasteiger partial charge in [0.25, 0.3) is 0 Å². The van der Waals surface area contributed by atoms with Crippen LogP contribution in [-0.4, -0.2) is 21.0 Å². The predicted octanol–water partition coefficient (Wildman–Crippen LogP) is 1.19. The van der Waals surface area contributed by atoms with Crippen molar-refractivity contribution >= 4 is 12.0 Å². The van der Waals surface area contributed by atoms with Crippen LogP contribution in [0, 0.1) is 13.8 Å². The molecule has 0 unspecified atom stereocenters. The first-order chi connectivity index (χ1) is 6.08. The Labute approximate surface area is 76.0 Å². The minimum atomic E-state index is -0.997. The molecule has 0 aliphatic rings. The lowest BCUT2D eigenvalue weighted by Crippen LogP contribution is -1.94. The van der Waals surface area contributed by atoms with E-state index < -0.39 is 5.97 Å². The normalized spacial score (nSPS) is 10.6. The number of aromatic nitrogens is 2. The van der Waals surface area contributed by atoms with Crippen LogP contribution in [0.25, 0.3) is 6.08 Å². The zero-order valence-corrected chi connectivity index (χ0v) is 7.48. The van der Waals surface area contributed by atoms with Gasteiger partial charge in [-0.2, -0.15) is 0 Å². The van der Waals surface area contributed by atoms with Gasteiger partial charge in [0.05, 0.1) is 0 Å². The van der Waals surface area contributed by atoms with Crippen molar-refractivity contribution < 1.29 is 9.90 Å². The molecule has 4 heteroatoms. The molecular weight excluding hydrogens is 168 g/mol. The molecule has 1 heterocycles. The molecule has 0 aliphatic carbocycles. The SMILES string of the molecule is Cc1cc(C)nc(/C=C/C(=O)O)n1. The molecule has 1 rings (SSSR count). The summed E-state index contributed by atoms with van der Waals surface area (Å²) >= 11 is 0. The molecule has 13 heavy (non-hydrogen) atoms. The number of carboxylic acids is 1. The number of nitrogens with zero attached hydrogens (tertiary/aromatic N) is 2. The Kier molecular flexibility index (Phi) is 2.74. The number of carbonyl (C=O) groups is 1. The standard InChI is InChI=1S/C9H10N2O2/c1-6-5-7(2)11-8(10-6)3-4-9(12)13/h3-5H,1-2H3,(H,12,13)/b4-3+. The van der Waals surface area contributed by atoms with Gasteiger partial charge in [-0.3, -0.25) is 0 Å². The Hall–Kier alpha value is -1.71. The number of aliphatic carboxylic acids is 1. The Morgan fingerprint density at radius 3 is 2.38 bits per heavy atom. The van der Waals surface area contributed by atoms with E-state index in [1.165, 1.54) is 6.08 Å². The molecule has 1 aromatic rings. The Bertz CT molecular complexity index is 338. The van der Waals surface area contributed by atoms with E-state index in [9.17, 15) is 4.79 Å². The van der Waals surface area contributed by atoms with Crippen LogP contribution in [0.3, 0.4) is 0 Å². The van der Waals surface area contributed by atoms with Gasteiger partial charge in [-0.25, -0.2) is 14.8 Å². The van der Waals surface area contributed by atoms with Crippen LogP contribution in [0.2, 0.25) is 0 Å². The third kappa shape index (κ3) is 3.02. The molecule has 0 fully saturated rings. The van der Waals surface area contributed by atoms with Gasteiger partial charge in [0.15, 0.2) is 5.82 Å². The highest BCUT2D eigenvalue weighted by molar-refractivity contribution is 5.84. The minimum Gasteiger partial charge on any atom is -0.478 e. The van der Waals surface area contributed by atoms with Gasteiger partial charge in [-0.05, 0) is 26.0 Å². The first-order valence-corrected chi connectivity index (χ1v) is 3.81. The number of carboxylic acid groups (broad SMARTS) is 1. The van der Waals surface area contributed by atoms with E-state index in [1.807, 2.05) is 19.9 Å². The van der Waals surface area contributed by atoms with Crippen LogP contribution in [0.5, 0.6) is 0 Å². The molecule has 0 aromatic carbocycles. The molecule has 0 spiro atoms. The number of aryl methyl sites for hydroxylation is 2. The summed E-state index contributed by atoms with van der Waals surface area (Å²) in [4.78, 5) is 18.3. The van der Waals surface area contributed by atoms with Crippen molar-refractivity contribution in [3.05, 3.63) is 29.4 Å². The van der Waals surface area contributed by atoms with Crippen molar-refractivity contribution in [2.75, 3.05) is 0 Å². The zero-order valence-electron chi connectivity index (χ0n) is 7.48. The third-order valence-electron chi connectivity index (χ3n) is 1.37. The van der Waals surface area contributed by atoms with E-state index in [-0.39, 0.29) is 0 Å². The second-order valence-electron chi connectivity index (χ2n) is 2.68. The highest BCUT2D eigenvalue weighted by atomic mass is 16.4. The van der Waals surface area contributed by atoms with Crippen LogP contribution < -0.4 is 0 Å². The van der Waals surface area contributed by atoms with Crippen molar-refractivity contribution in [3.8, 4) is 0 Å². The highest BCUT2D eigenvalue weighted by Crippen LogP contribution is 2.00. The Balaban J connectivity index is 2.95. The van der Waals surface area contributed by atoms with E-state index in [0.717, 1.165) is 17.5 Å². The van der Waals surface area contributed by atoms with E-state index in [1.54, 1.807) is 0 Å². The first kappa shape index (κ1) is 9.38. The molecule has 0 saturated heterocycles. The van der Waals surface area contributed by atoms with Crippen molar-refractivity contribution in [1.29, 1.82) is 0 Å². The maximum atomic E-state index is 10.2. The van der Waals surface area contributed by atoms with Gasteiger partial charge >= 0.3 is 5.97 Å². The molecule has 0 saturated carbocycles. The topological polar surface area (TPSA) is 63.1 Å². The fourth-order valence-corrected chi connectivity index (χ4v) is 0.974. The lowest BCUT2D eigenvalue weighted by atomic mass is 10.3. The van der Waals surface area contributed by atoms with E-state index in [0.29, 0.717) is 5.82 Å². The lowest BCUT2D eigenvalue weighted by molar-refractivity contribution is -0.131. The summed E-state index contributed by atoms with van der Waals surface area (Å²) in [7, 11) is 0. The second-order valence-corrected chi connectivity index (χ2v) is 2.68. The lowest BCUT2D eigenvalue weighted by Gasteiger charge is -1.96. The van der Waals surface area contributed by atoms with E-state index >= 15 is 0 Å². The maximum Gasteiger partial charge on any atom is 0.328 e. The van der Waals surface area contributed by atoms with Gasteiger partial charge in [-0.1, -0.05) is 0 Å². The average Bonchev–Trinajstić information content (AvgIpc) is 1.99. The van der Waals surface area contributed by atoms with Crippen LogP contribution in [0.1, 0.15) is 17.2 Å². The summed E-state index contributed by atoms with van der Waals surface area (Å²) < 4.78 is 0. The summed E-state index contributed by atoms with van der Waals surface area (Å²) in [6, 6.07) is 1.83. The summed E-state index contributed by atoms with van der Waals surface area (Å²) in [5, 5.41) is 8.37. The number of hydrogen-bond donors (Lipinski definition) is 1. The van der Waals surface area contributed by atoms with E-state index in [2.05, 4.69) is 9.97 Å². The molecule has 0 aliphatic heterocycles. The minimum absolute atomic E-state index is 0.430. The van der Waals surface area contributed by atoms with Gasteiger partial charge < -0.3 is 5.11 Å². The molecule has 4 nitrogen and oxygen atoms in total. The molecule has 0 amide bonds. The molecule has 68 valence electrons. The average molecular weight is 178 g/mol. The Morgan fingerprint density at radius 2 is 1.92 bits per heavy atom. The van der Waals surface area contributed by atoms with Crippen LogP contribution in [0.15, 0.2) is 12.1 Å². The monoisotopic (exact) mass is 178 g/mol. The van der Waals surface area contributed by atoms with Gasteiger partial charge in [-0.15, -0.1) is 0 Å². The van der Waals surface area contributed by atoms with Gasteiger partial charge in [0.2, 0.25) is 0 Å². The third-order valence-corrected chi connectivity index (χ3v) is 1.37. The summed E-state index contributed by atoms with van der Waals surface area (Å²) in [5.74, 6) is -0.567. The predicted molar refractivity (Wildman–Crippen MR) is 48.2 cm³/mol. The molecule has 0 atom stereocenters.